The predicted molar refractivity (Wildman–Crippen MR) is 33.8 cm³/mol. The molecule has 0 saturated carbocycles. The van der Waals surface area contributed by atoms with E-state index >= 15 is 0 Å². The monoisotopic (exact) mass is 165 g/mol. The Hall–Kier alpha value is -0.301. The van der Waals surface area contributed by atoms with Gasteiger partial charge in [0.2, 0.25) is 0 Å². The van der Waals surface area contributed by atoms with Gasteiger partial charge in [0, 0.05) is 0 Å². The van der Waals surface area contributed by atoms with E-state index in [2.05, 4.69) is 28.1 Å². The fraction of sp³-hybridized carbons (Fsp3) is 0.143. The van der Waals surface area contributed by atoms with Crippen LogP contribution in [0, 0.1) is 0 Å². The van der Waals surface area contributed by atoms with Crippen molar-refractivity contribution in [2.24, 2.45) is 0 Å². The Morgan fingerprint density at radius 1 is 1.11 bits per heavy atom. The van der Waals surface area contributed by atoms with E-state index in [-0.39, 0.29) is 5.48 Å². The molecule has 1 rings (SSSR count). The standard InChI is InChI=1S/C7H7.Fe.H2O/c1-7-5-3-2-4-6-7;;/h2-6H,1H2;;1H2. The van der Waals surface area contributed by atoms with Crippen molar-refractivity contribution in [2.45, 2.75) is 5.32 Å². The van der Waals surface area contributed by atoms with Crippen molar-refractivity contribution in [3.8, 4) is 0 Å². The van der Waals surface area contributed by atoms with Crippen LogP contribution in [0.1, 0.15) is 5.56 Å². The molecule has 1 aromatic carbocycles. The van der Waals surface area contributed by atoms with Crippen molar-refractivity contribution in [1.82, 2.24) is 0 Å². The molecule has 0 fully saturated rings. The van der Waals surface area contributed by atoms with Gasteiger partial charge >= 0.3 is 57.2 Å². The Morgan fingerprint density at radius 3 is 2.00 bits per heavy atom. The van der Waals surface area contributed by atoms with Crippen LogP contribution < -0.4 is 0 Å². The van der Waals surface area contributed by atoms with Gasteiger partial charge in [0.25, 0.3) is 0 Å². The van der Waals surface area contributed by atoms with Crippen LogP contribution >= 0.6 is 0 Å². The molecule has 51 valence electrons. The molecule has 0 aliphatic heterocycles. The van der Waals surface area contributed by atoms with E-state index in [0.29, 0.717) is 0 Å². The number of rotatable bonds is 1. The number of benzene rings is 1. The van der Waals surface area contributed by atoms with E-state index in [0.717, 1.165) is 5.32 Å². The molecule has 0 bridgehead atoms. The van der Waals surface area contributed by atoms with Crippen molar-refractivity contribution in [2.75, 3.05) is 0 Å². The number of hydrogen-bond donors (Lipinski definition) is 0. The minimum atomic E-state index is 0. The van der Waals surface area contributed by atoms with Gasteiger partial charge in [-0.05, 0) is 0 Å². The first-order valence-electron chi connectivity index (χ1n) is 2.51. The summed E-state index contributed by atoms with van der Waals surface area (Å²) in [6.45, 7) is 0. The normalized spacial score (nSPS) is 8.11. The molecule has 1 aromatic rings. The summed E-state index contributed by atoms with van der Waals surface area (Å²) >= 11 is 3.76. The van der Waals surface area contributed by atoms with E-state index < -0.39 is 0 Å². The topological polar surface area (TPSA) is 31.5 Å². The first-order chi connectivity index (χ1) is 3.93. The molecule has 0 radical (unpaired) electrons. The molecule has 0 unspecified atom stereocenters. The molecule has 1 nitrogen and oxygen atoms in total. The number of hydrogen-bond acceptors (Lipinski definition) is 0. The third-order valence-electron chi connectivity index (χ3n) is 0.987. The van der Waals surface area contributed by atoms with Gasteiger partial charge in [0.15, 0.2) is 0 Å². The van der Waals surface area contributed by atoms with Crippen LogP contribution in [0.2, 0.25) is 0 Å². The summed E-state index contributed by atoms with van der Waals surface area (Å²) in [6.07, 6.45) is 0. The van der Waals surface area contributed by atoms with Gasteiger partial charge in [-0.15, -0.1) is 0 Å². The first kappa shape index (κ1) is 8.70. The molecule has 2 heteroatoms. The maximum atomic E-state index is 3.76. The molecule has 0 amide bonds. The molecule has 0 atom stereocenters. The SMILES string of the molecule is O.[Fe][CH2]c1ccccc1. The molecule has 0 spiro atoms. The zero-order valence-electron chi connectivity index (χ0n) is 4.95. The Labute approximate surface area is 63.2 Å². The zero-order valence-corrected chi connectivity index (χ0v) is 6.05. The second-order valence-electron chi connectivity index (χ2n) is 1.61. The zero-order chi connectivity index (χ0) is 5.82. The van der Waals surface area contributed by atoms with E-state index in [1.54, 1.807) is 0 Å². The minimum absolute atomic E-state index is 0. The van der Waals surface area contributed by atoms with Crippen molar-refractivity contribution in [1.29, 1.82) is 0 Å². The quantitative estimate of drug-likeness (QED) is 0.554. The molecule has 9 heavy (non-hydrogen) atoms. The summed E-state index contributed by atoms with van der Waals surface area (Å²) in [5, 5.41) is 0.890. The summed E-state index contributed by atoms with van der Waals surface area (Å²) in [6, 6.07) is 10.2. The van der Waals surface area contributed by atoms with Crippen molar-refractivity contribution in [3.63, 3.8) is 0 Å². The van der Waals surface area contributed by atoms with Crippen LogP contribution in [-0.2, 0) is 21.3 Å². The van der Waals surface area contributed by atoms with Crippen molar-refractivity contribution < 1.29 is 21.5 Å². The molecule has 0 aromatic heterocycles. The van der Waals surface area contributed by atoms with Crippen LogP contribution in [0.4, 0.5) is 0 Å². The molecule has 0 heterocycles. The predicted octanol–water partition coefficient (Wildman–Crippen LogP) is 0.909. The third-order valence-corrected chi connectivity index (χ3v) is 1.44. The summed E-state index contributed by atoms with van der Waals surface area (Å²) in [5.41, 5.74) is 1.30. The van der Waals surface area contributed by atoms with Crippen LogP contribution in [-0.4, -0.2) is 5.48 Å². The second kappa shape index (κ2) is 4.57. The fourth-order valence-corrected chi connectivity index (χ4v) is 0.822. The van der Waals surface area contributed by atoms with Gasteiger partial charge in [-0.1, -0.05) is 0 Å². The van der Waals surface area contributed by atoms with Crippen LogP contribution in [0.25, 0.3) is 0 Å². The average molecular weight is 165 g/mol. The summed E-state index contributed by atoms with van der Waals surface area (Å²) in [4.78, 5) is 0. The summed E-state index contributed by atoms with van der Waals surface area (Å²) < 4.78 is 0. The van der Waals surface area contributed by atoms with Crippen LogP contribution in [0.3, 0.4) is 0 Å². The Morgan fingerprint density at radius 2 is 1.67 bits per heavy atom. The average Bonchev–Trinajstić information content (AvgIpc) is 1.90. The van der Waals surface area contributed by atoms with Gasteiger partial charge in [-0.2, -0.15) is 0 Å². The van der Waals surface area contributed by atoms with Gasteiger partial charge in [-0.3, -0.25) is 0 Å². The van der Waals surface area contributed by atoms with E-state index in [9.17, 15) is 0 Å². The Balaban J connectivity index is 0.000000640. The molecule has 0 aliphatic rings. The summed E-state index contributed by atoms with van der Waals surface area (Å²) in [5.74, 6) is 0. The van der Waals surface area contributed by atoms with Crippen molar-refractivity contribution >= 4 is 0 Å². The second-order valence-corrected chi connectivity index (χ2v) is 2.00. The van der Waals surface area contributed by atoms with E-state index in [4.69, 9.17) is 0 Å². The Bertz CT molecular complexity index is 150. The van der Waals surface area contributed by atoms with Gasteiger partial charge in [-0.25, -0.2) is 0 Å². The molecule has 0 saturated heterocycles. The molecular formula is C7H9FeO. The first-order valence-corrected chi connectivity index (χ1v) is 3.30. The van der Waals surface area contributed by atoms with Crippen LogP contribution in [0.5, 0.6) is 0 Å². The summed E-state index contributed by atoms with van der Waals surface area (Å²) in [7, 11) is 0. The fourth-order valence-electron chi connectivity index (χ4n) is 0.561. The Kier molecular flexibility index (Phi) is 4.41. The molecule has 2 N–H and O–H groups in total. The van der Waals surface area contributed by atoms with Gasteiger partial charge in [0.1, 0.15) is 0 Å². The third kappa shape index (κ3) is 2.66. The van der Waals surface area contributed by atoms with E-state index in [1.165, 1.54) is 5.56 Å². The van der Waals surface area contributed by atoms with Crippen molar-refractivity contribution in [3.05, 3.63) is 35.9 Å². The van der Waals surface area contributed by atoms with Gasteiger partial charge in [0.05, 0.1) is 0 Å². The van der Waals surface area contributed by atoms with Gasteiger partial charge < -0.3 is 5.48 Å². The van der Waals surface area contributed by atoms with E-state index in [1.807, 2.05) is 18.2 Å². The maximum absolute atomic E-state index is 3.76. The molecular weight excluding hydrogens is 156 g/mol. The molecule has 0 aliphatic carbocycles. The van der Waals surface area contributed by atoms with Crippen LogP contribution in [0.15, 0.2) is 30.3 Å².